The molecule has 0 atom stereocenters. The van der Waals surface area contributed by atoms with E-state index in [-0.39, 0.29) is 42.7 Å². The van der Waals surface area contributed by atoms with Crippen molar-refractivity contribution >= 4 is 32.5 Å². The third kappa shape index (κ3) is 3.79. The van der Waals surface area contributed by atoms with Gasteiger partial charge in [0.2, 0.25) is 10.0 Å². The number of aromatic nitrogens is 1. The highest BCUT2D eigenvalue weighted by Gasteiger charge is 2.31. The molecule has 2 heterocycles. The summed E-state index contributed by atoms with van der Waals surface area (Å²) in [6.45, 7) is 4.73. The Morgan fingerprint density at radius 1 is 1.06 bits per heavy atom. The van der Waals surface area contributed by atoms with Crippen molar-refractivity contribution in [2.24, 2.45) is 0 Å². The van der Waals surface area contributed by atoms with Crippen LogP contribution in [0.25, 0.3) is 10.9 Å². The molecule has 0 radical (unpaired) electrons. The molecule has 1 N–H and O–H groups in total. The number of amides is 1. The predicted molar refractivity (Wildman–Crippen MR) is 116 cm³/mol. The molecule has 1 aliphatic rings. The molecule has 0 saturated carbocycles. The molecule has 1 amide bonds. The lowest BCUT2D eigenvalue weighted by Gasteiger charge is -2.34. The van der Waals surface area contributed by atoms with Crippen LogP contribution in [0.1, 0.15) is 21.6 Å². The molecule has 1 aromatic heterocycles. The Kier molecular flexibility index (Phi) is 5.28. The van der Waals surface area contributed by atoms with Crippen LogP contribution in [-0.4, -0.2) is 59.6 Å². The maximum Gasteiger partial charge on any atom is 0.270 e. The Hall–Kier alpha value is -3.24. The number of piperazine rings is 1. The molecular weight excluding hydrogens is 420 g/mol. The molecule has 31 heavy (non-hydrogen) atoms. The van der Waals surface area contributed by atoms with Crippen molar-refractivity contribution < 1.29 is 18.1 Å². The number of rotatable bonds is 4. The molecule has 10 heteroatoms. The van der Waals surface area contributed by atoms with Crippen LogP contribution in [0.2, 0.25) is 0 Å². The van der Waals surface area contributed by atoms with E-state index in [1.165, 1.54) is 22.5 Å². The Labute approximate surface area is 179 Å². The minimum Gasteiger partial charge on any atom is -0.358 e. The molecular formula is C21H22N4O5S. The number of sulfonamides is 1. The van der Waals surface area contributed by atoms with Crippen LogP contribution < -0.4 is 0 Å². The van der Waals surface area contributed by atoms with E-state index in [9.17, 15) is 23.3 Å². The number of nitrogens with zero attached hydrogens (tertiary/aromatic N) is 3. The third-order valence-electron chi connectivity index (χ3n) is 5.75. The number of non-ortho nitro benzene ring substituents is 1. The summed E-state index contributed by atoms with van der Waals surface area (Å²) >= 11 is 0. The fourth-order valence-electron chi connectivity index (χ4n) is 3.82. The third-order valence-corrected chi connectivity index (χ3v) is 7.64. The van der Waals surface area contributed by atoms with Gasteiger partial charge in [-0.25, -0.2) is 8.42 Å². The van der Waals surface area contributed by atoms with Gasteiger partial charge in [0.15, 0.2) is 0 Å². The highest BCUT2D eigenvalue weighted by molar-refractivity contribution is 7.89. The number of carbonyl (C=O) groups is 1. The number of fused-ring (bicyclic) bond motifs is 1. The number of nitro groups is 1. The molecule has 2 aromatic carbocycles. The molecule has 0 bridgehead atoms. The average Bonchev–Trinajstić information content (AvgIpc) is 3.06. The molecule has 0 aliphatic carbocycles. The van der Waals surface area contributed by atoms with Crippen molar-refractivity contribution in [3.05, 3.63) is 69.4 Å². The number of nitro benzene ring substituents is 1. The van der Waals surface area contributed by atoms with Crippen LogP contribution in [0.5, 0.6) is 0 Å². The first-order valence-electron chi connectivity index (χ1n) is 9.81. The van der Waals surface area contributed by atoms with E-state index in [4.69, 9.17) is 0 Å². The summed E-state index contributed by atoms with van der Waals surface area (Å²) in [5, 5.41) is 12.0. The van der Waals surface area contributed by atoms with Crippen molar-refractivity contribution in [1.82, 2.24) is 14.2 Å². The van der Waals surface area contributed by atoms with Crippen molar-refractivity contribution in [2.45, 2.75) is 18.7 Å². The molecule has 1 fully saturated rings. The van der Waals surface area contributed by atoms with Gasteiger partial charge >= 0.3 is 0 Å². The first kappa shape index (κ1) is 21.0. The molecule has 162 valence electrons. The van der Waals surface area contributed by atoms with Crippen molar-refractivity contribution in [3.63, 3.8) is 0 Å². The Morgan fingerprint density at radius 3 is 2.45 bits per heavy atom. The molecule has 9 nitrogen and oxygen atoms in total. The maximum absolute atomic E-state index is 13.0. The normalized spacial score (nSPS) is 15.4. The fourth-order valence-corrected chi connectivity index (χ4v) is 5.28. The summed E-state index contributed by atoms with van der Waals surface area (Å²) in [4.78, 5) is 28.1. The van der Waals surface area contributed by atoms with Crippen molar-refractivity contribution in [2.75, 3.05) is 26.2 Å². The van der Waals surface area contributed by atoms with Gasteiger partial charge in [0.25, 0.3) is 11.6 Å². The second kappa shape index (κ2) is 7.78. The lowest BCUT2D eigenvalue weighted by molar-refractivity contribution is -0.385. The van der Waals surface area contributed by atoms with Gasteiger partial charge in [0.05, 0.1) is 9.82 Å². The smallest absolute Gasteiger partial charge is 0.270 e. The number of aromatic amines is 1. The maximum atomic E-state index is 13.0. The van der Waals surface area contributed by atoms with Crippen LogP contribution in [0.15, 0.2) is 47.4 Å². The molecule has 4 rings (SSSR count). The van der Waals surface area contributed by atoms with Crippen LogP contribution in [0.3, 0.4) is 0 Å². The zero-order valence-corrected chi connectivity index (χ0v) is 18.0. The van der Waals surface area contributed by atoms with E-state index >= 15 is 0 Å². The molecule has 0 unspecified atom stereocenters. The second-order valence-corrected chi connectivity index (χ2v) is 9.52. The quantitative estimate of drug-likeness (QED) is 0.493. The largest absolute Gasteiger partial charge is 0.358 e. The van der Waals surface area contributed by atoms with E-state index in [0.29, 0.717) is 5.56 Å². The number of aryl methyl sites for hydroxylation is 2. The number of H-pyrrole nitrogens is 1. The molecule has 0 spiro atoms. The standard InChI is InChI=1S/C21H22N4O5S/c1-14-15(2)22-20-7-6-16(12-19(14)20)21(26)23-8-10-24(11-9-23)31(29,30)18-5-3-4-17(13-18)25(27)28/h3-7,12-13,22H,8-11H2,1-2H3. The van der Waals surface area contributed by atoms with Crippen molar-refractivity contribution in [1.29, 1.82) is 0 Å². The van der Waals surface area contributed by atoms with Crippen molar-refractivity contribution in [3.8, 4) is 0 Å². The van der Waals surface area contributed by atoms with Gasteiger partial charge in [-0.3, -0.25) is 14.9 Å². The highest BCUT2D eigenvalue weighted by atomic mass is 32.2. The summed E-state index contributed by atoms with van der Waals surface area (Å²) in [7, 11) is -3.88. The number of hydrogen-bond donors (Lipinski definition) is 1. The molecule has 1 saturated heterocycles. The topological polar surface area (TPSA) is 117 Å². The summed E-state index contributed by atoms with van der Waals surface area (Å²) in [6.07, 6.45) is 0. The van der Waals surface area contributed by atoms with E-state index in [0.717, 1.165) is 28.2 Å². The second-order valence-electron chi connectivity index (χ2n) is 7.59. The van der Waals surface area contributed by atoms with E-state index < -0.39 is 14.9 Å². The SMILES string of the molecule is Cc1[nH]c2ccc(C(=O)N3CCN(S(=O)(=O)c4cccc([N+](=O)[O-])c4)CC3)cc2c1C. The minimum atomic E-state index is -3.88. The van der Waals surface area contributed by atoms with Gasteiger partial charge in [-0.2, -0.15) is 4.31 Å². The summed E-state index contributed by atoms with van der Waals surface area (Å²) in [5.74, 6) is -0.146. The minimum absolute atomic E-state index is 0.120. The first-order valence-corrected chi connectivity index (χ1v) is 11.3. The fraction of sp³-hybridized carbons (Fsp3) is 0.286. The summed E-state index contributed by atoms with van der Waals surface area (Å²) < 4.78 is 27.0. The summed E-state index contributed by atoms with van der Waals surface area (Å²) in [5.41, 5.74) is 3.40. The highest BCUT2D eigenvalue weighted by Crippen LogP contribution is 2.25. The Balaban J connectivity index is 1.49. The molecule has 3 aromatic rings. The number of benzene rings is 2. The van der Waals surface area contributed by atoms with E-state index in [1.54, 1.807) is 11.0 Å². The first-order chi connectivity index (χ1) is 14.7. The van der Waals surface area contributed by atoms with Gasteiger partial charge in [0, 0.05) is 60.5 Å². The van der Waals surface area contributed by atoms with E-state index in [1.807, 2.05) is 26.0 Å². The van der Waals surface area contributed by atoms with Crippen LogP contribution in [-0.2, 0) is 10.0 Å². The van der Waals surface area contributed by atoms with Gasteiger partial charge in [-0.1, -0.05) is 6.07 Å². The summed E-state index contributed by atoms with van der Waals surface area (Å²) in [6, 6.07) is 10.5. The zero-order chi connectivity index (χ0) is 22.3. The zero-order valence-electron chi connectivity index (χ0n) is 17.2. The predicted octanol–water partition coefficient (Wildman–Crippen LogP) is 2.84. The van der Waals surface area contributed by atoms with Crippen LogP contribution in [0, 0.1) is 24.0 Å². The van der Waals surface area contributed by atoms with E-state index in [2.05, 4.69) is 4.98 Å². The molecule has 1 aliphatic heterocycles. The number of nitrogens with one attached hydrogen (secondary N) is 1. The average molecular weight is 442 g/mol. The lowest BCUT2D eigenvalue weighted by atomic mass is 10.1. The van der Waals surface area contributed by atoms with Gasteiger partial charge in [-0.15, -0.1) is 0 Å². The Morgan fingerprint density at radius 2 is 1.77 bits per heavy atom. The number of hydrogen-bond acceptors (Lipinski definition) is 5. The van der Waals surface area contributed by atoms with Crippen LogP contribution in [0.4, 0.5) is 5.69 Å². The lowest BCUT2D eigenvalue weighted by Crippen LogP contribution is -2.50. The van der Waals surface area contributed by atoms with Gasteiger partial charge < -0.3 is 9.88 Å². The number of carbonyl (C=O) groups excluding carboxylic acids is 1. The van der Waals surface area contributed by atoms with Crippen LogP contribution >= 0.6 is 0 Å². The monoisotopic (exact) mass is 442 g/mol. The Bertz CT molecular complexity index is 1290. The van der Waals surface area contributed by atoms with Gasteiger partial charge in [0.1, 0.15) is 0 Å². The van der Waals surface area contributed by atoms with Gasteiger partial charge in [-0.05, 0) is 43.7 Å².